The van der Waals surface area contributed by atoms with Crippen LogP contribution in [0.25, 0.3) is 0 Å². The van der Waals surface area contributed by atoms with Crippen molar-refractivity contribution in [3.63, 3.8) is 0 Å². The molecule has 2 nitrogen and oxygen atoms in total. The molecule has 14 heavy (non-hydrogen) atoms. The molecule has 0 bridgehead atoms. The van der Waals surface area contributed by atoms with Gasteiger partial charge in [-0.1, -0.05) is 6.07 Å². The van der Waals surface area contributed by atoms with Crippen LogP contribution in [0.5, 0.6) is 0 Å². The number of rotatable bonds is 1. The minimum Gasteiger partial charge on any atom is -0.478 e. The third kappa shape index (κ3) is 1.41. The normalized spacial score (nSPS) is 14.9. The number of benzene rings is 1. The maximum Gasteiger partial charge on any atom is 0.335 e. The Hall–Kier alpha value is -1.31. The van der Waals surface area contributed by atoms with Crippen LogP contribution in [0.4, 0.5) is 0 Å². The molecule has 0 aliphatic heterocycles. The van der Waals surface area contributed by atoms with Crippen molar-refractivity contribution in [2.24, 2.45) is 0 Å². The van der Waals surface area contributed by atoms with E-state index in [9.17, 15) is 4.79 Å². The zero-order chi connectivity index (χ0) is 10.1. The molecule has 1 aromatic rings. The Kier molecular flexibility index (Phi) is 2.28. The van der Waals surface area contributed by atoms with Crippen molar-refractivity contribution < 1.29 is 9.90 Å². The third-order valence-corrected chi connectivity index (χ3v) is 3.05. The van der Waals surface area contributed by atoms with Gasteiger partial charge < -0.3 is 5.11 Å². The molecule has 0 unspecified atom stereocenters. The van der Waals surface area contributed by atoms with Gasteiger partial charge in [-0.2, -0.15) is 0 Å². The molecular weight excluding hydrogens is 176 g/mol. The lowest BCUT2D eigenvalue weighted by Crippen LogP contribution is -2.09. The van der Waals surface area contributed by atoms with Gasteiger partial charge in [-0.3, -0.25) is 0 Å². The molecule has 0 fully saturated rings. The van der Waals surface area contributed by atoms with Crippen molar-refractivity contribution in [2.45, 2.75) is 32.6 Å². The first kappa shape index (κ1) is 9.25. The molecular formula is C12H14O2. The van der Waals surface area contributed by atoms with Crippen LogP contribution < -0.4 is 0 Å². The molecule has 0 radical (unpaired) electrons. The van der Waals surface area contributed by atoms with Crippen LogP contribution in [0.15, 0.2) is 12.1 Å². The molecule has 0 amide bonds. The Bertz CT molecular complexity index is 380. The molecule has 0 aromatic heterocycles. The molecule has 0 spiro atoms. The lowest BCUT2D eigenvalue weighted by Gasteiger charge is -2.18. The molecule has 1 aromatic carbocycles. The summed E-state index contributed by atoms with van der Waals surface area (Å²) in [5, 5.41) is 8.97. The van der Waals surface area contributed by atoms with Gasteiger partial charge in [0.1, 0.15) is 0 Å². The Morgan fingerprint density at radius 1 is 1.29 bits per heavy atom. The molecule has 2 heteroatoms. The highest BCUT2D eigenvalue weighted by Crippen LogP contribution is 2.26. The molecule has 0 atom stereocenters. The summed E-state index contributed by atoms with van der Waals surface area (Å²) in [6, 6.07) is 3.72. The van der Waals surface area contributed by atoms with Crippen LogP contribution >= 0.6 is 0 Å². The van der Waals surface area contributed by atoms with Gasteiger partial charge >= 0.3 is 5.97 Å². The largest absolute Gasteiger partial charge is 0.478 e. The van der Waals surface area contributed by atoms with E-state index in [0.717, 1.165) is 18.4 Å². The van der Waals surface area contributed by atoms with E-state index < -0.39 is 5.97 Å². The quantitative estimate of drug-likeness (QED) is 0.739. The lowest BCUT2D eigenvalue weighted by molar-refractivity contribution is 0.0696. The van der Waals surface area contributed by atoms with Crippen molar-refractivity contribution in [1.29, 1.82) is 0 Å². The van der Waals surface area contributed by atoms with Crippen LogP contribution in [0.3, 0.4) is 0 Å². The zero-order valence-corrected chi connectivity index (χ0v) is 8.34. The second-order valence-electron chi connectivity index (χ2n) is 3.89. The van der Waals surface area contributed by atoms with Gasteiger partial charge in [-0.25, -0.2) is 4.79 Å². The van der Waals surface area contributed by atoms with Gasteiger partial charge in [0.25, 0.3) is 0 Å². The summed E-state index contributed by atoms with van der Waals surface area (Å²) in [7, 11) is 0. The first-order valence-electron chi connectivity index (χ1n) is 5.05. The smallest absolute Gasteiger partial charge is 0.335 e. The van der Waals surface area contributed by atoms with Gasteiger partial charge in [0.15, 0.2) is 0 Å². The summed E-state index contributed by atoms with van der Waals surface area (Å²) < 4.78 is 0. The lowest BCUT2D eigenvalue weighted by atomic mass is 9.86. The van der Waals surface area contributed by atoms with Gasteiger partial charge in [-0.15, -0.1) is 0 Å². The van der Waals surface area contributed by atoms with Gasteiger partial charge in [0.05, 0.1) is 5.56 Å². The number of carboxylic acids is 1. The minimum absolute atomic E-state index is 0.464. The molecule has 1 aliphatic rings. The average Bonchev–Trinajstić information content (AvgIpc) is 2.18. The van der Waals surface area contributed by atoms with E-state index in [1.165, 1.54) is 24.0 Å². The van der Waals surface area contributed by atoms with Crippen molar-refractivity contribution in [1.82, 2.24) is 0 Å². The first-order valence-corrected chi connectivity index (χ1v) is 5.05. The van der Waals surface area contributed by atoms with E-state index >= 15 is 0 Å². The summed E-state index contributed by atoms with van der Waals surface area (Å²) in [5.74, 6) is -0.809. The predicted octanol–water partition coefficient (Wildman–Crippen LogP) is 2.57. The zero-order valence-electron chi connectivity index (χ0n) is 8.34. The molecule has 0 saturated carbocycles. The third-order valence-electron chi connectivity index (χ3n) is 3.05. The van der Waals surface area contributed by atoms with E-state index in [2.05, 4.69) is 0 Å². The number of aryl methyl sites for hydroxylation is 1. The number of hydrogen-bond acceptors (Lipinski definition) is 1. The van der Waals surface area contributed by atoms with Gasteiger partial charge in [0, 0.05) is 0 Å². The topological polar surface area (TPSA) is 37.3 Å². The highest BCUT2D eigenvalue weighted by atomic mass is 16.4. The van der Waals surface area contributed by atoms with Crippen LogP contribution in [-0.2, 0) is 12.8 Å². The maximum atomic E-state index is 10.9. The van der Waals surface area contributed by atoms with Gasteiger partial charge in [-0.05, 0) is 55.4 Å². The van der Waals surface area contributed by atoms with Crippen LogP contribution in [-0.4, -0.2) is 11.1 Å². The number of aromatic carboxylic acids is 1. The Morgan fingerprint density at radius 2 is 2.00 bits per heavy atom. The van der Waals surface area contributed by atoms with Crippen LogP contribution in [0.1, 0.15) is 39.9 Å². The molecule has 1 N–H and O–H groups in total. The predicted molar refractivity (Wildman–Crippen MR) is 54.8 cm³/mol. The van der Waals surface area contributed by atoms with Crippen molar-refractivity contribution >= 4 is 5.97 Å². The Morgan fingerprint density at radius 3 is 2.71 bits per heavy atom. The fraction of sp³-hybridized carbons (Fsp3) is 0.417. The van der Waals surface area contributed by atoms with Gasteiger partial charge in [0.2, 0.25) is 0 Å². The highest BCUT2D eigenvalue weighted by molar-refractivity contribution is 5.89. The van der Waals surface area contributed by atoms with Crippen LogP contribution in [0, 0.1) is 6.92 Å². The summed E-state index contributed by atoms with van der Waals surface area (Å²) in [6.07, 6.45) is 4.58. The monoisotopic (exact) mass is 190 g/mol. The van der Waals surface area contributed by atoms with E-state index in [1.807, 2.05) is 13.0 Å². The molecule has 2 rings (SSSR count). The second kappa shape index (κ2) is 3.45. The number of carbonyl (C=O) groups is 1. The van der Waals surface area contributed by atoms with E-state index in [0.29, 0.717) is 5.56 Å². The summed E-state index contributed by atoms with van der Waals surface area (Å²) >= 11 is 0. The molecule has 1 aliphatic carbocycles. The molecule has 0 heterocycles. The minimum atomic E-state index is -0.809. The Balaban J connectivity index is 2.54. The standard InChI is InChI=1S/C12H14O2/c1-8-10-5-3-2-4-9(10)6-7-11(8)12(13)14/h6-7H,2-5H2,1H3,(H,13,14). The van der Waals surface area contributed by atoms with Crippen molar-refractivity contribution in [2.75, 3.05) is 0 Å². The van der Waals surface area contributed by atoms with Crippen LogP contribution in [0.2, 0.25) is 0 Å². The summed E-state index contributed by atoms with van der Waals surface area (Å²) in [5.41, 5.74) is 4.05. The average molecular weight is 190 g/mol. The fourth-order valence-electron chi connectivity index (χ4n) is 2.24. The van der Waals surface area contributed by atoms with Crippen molar-refractivity contribution in [3.05, 3.63) is 34.4 Å². The van der Waals surface area contributed by atoms with Crippen molar-refractivity contribution in [3.8, 4) is 0 Å². The SMILES string of the molecule is Cc1c(C(=O)O)ccc2c1CCCC2. The van der Waals surface area contributed by atoms with E-state index in [-0.39, 0.29) is 0 Å². The summed E-state index contributed by atoms with van der Waals surface area (Å²) in [6.45, 7) is 1.92. The number of hydrogen-bond donors (Lipinski definition) is 1. The number of fused-ring (bicyclic) bond motifs is 1. The Labute approximate surface area is 83.6 Å². The number of carboxylic acid groups (broad SMARTS) is 1. The highest BCUT2D eigenvalue weighted by Gasteiger charge is 2.16. The summed E-state index contributed by atoms with van der Waals surface area (Å²) in [4.78, 5) is 10.9. The molecule has 0 saturated heterocycles. The van der Waals surface area contributed by atoms with E-state index in [4.69, 9.17) is 5.11 Å². The van der Waals surface area contributed by atoms with E-state index in [1.54, 1.807) is 6.07 Å². The fourth-order valence-corrected chi connectivity index (χ4v) is 2.24. The maximum absolute atomic E-state index is 10.9. The second-order valence-corrected chi connectivity index (χ2v) is 3.89. The molecule has 74 valence electrons. The first-order chi connectivity index (χ1) is 6.70.